The van der Waals surface area contributed by atoms with E-state index in [0.29, 0.717) is 5.56 Å². The third-order valence-electron chi connectivity index (χ3n) is 3.09. The monoisotopic (exact) mass is 605 g/mol. The molecule has 3 N–H and O–H groups in total. The molecule has 138 valence electrons. The van der Waals surface area contributed by atoms with Gasteiger partial charge in [0.1, 0.15) is 6.17 Å². The van der Waals surface area contributed by atoms with E-state index in [9.17, 15) is 4.79 Å². The van der Waals surface area contributed by atoms with E-state index >= 15 is 0 Å². The van der Waals surface area contributed by atoms with Crippen LogP contribution in [0.5, 0.6) is 0 Å². The molecule has 0 bridgehead atoms. The van der Waals surface area contributed by atoms with Gasteiger partial charge in [0.2, 0.25) is 3.79 Å². The number of anilines is 1. The molecule has 1 amide bonds. The third kappa shape index (κ3) is 7.01. The topological polar surface area (TPSA) is 53.2 Å². The fraction of sp³-hybridized carbons (Fsp3) is 0.125. The Labute approximate surface area is 193 Å². The van der Waals surface area contributed by atoms with Gasteiger partial charge >= 0.3 is 0 Å². The average Bonchev–Trinajstić information content (AvgIpc) is 2.56. The van der Waals surface area contributed by atoms with Gasteiger partial charge in [-0.1, -0.05) is 50.7 Å². The molecular weight excluding hydrogens is 595 g/mol. The number of nitrogens with one attached hydrogen (secondary N) is 3. The Morgan fingerprint density at radius 1 is 1.04 bits per heavy atom. The Hall–Kier alpha value is -0.320. The van der Waals surface area contributed by atoms with Crippen LogP contribution in [0.4, 0.5) is 5.69 Å². The van der Waals surface area contributed by atoms with Crippen LogP contribution in [0.1, 0.15) is 10.4 Å². The van der Waals surface area contributed by atoms with E-state index in [1.54, 1.807) is 24.3 Å². The molecule has 0 heterocycles. The molecule has 2 aromatic rings. The highest BCUT2D eigenvalue weighted by Crippen LogP contribution is 2.29. The van der Waals surface area contributed by atoms with Crippen molar-refractivity contribution in [2.45, 2.75) is 9.96 Å². The molecule has 0 aromatic heterocycles. The first kappa shape index (κ1) is 22.0. The predicted octanol–water partition coefficient (Wildman–Crippen LogP) is 5.47. The number of thiocarbonyl (C=S) groups is 1. The van der Waals surface area contributed by atoms with E-state index in [1.807, 2.05) is 24.3 Å². The molecule has 0 spiro atoms. The van der Waals surface area contributed by atoms with Crippen molar-refractivity contribution in [1.82, 2.24) is 10.6 Å². The maximum Gasteiger partial charge on any atom is 0.252 e. The molecular formula is C16H12BrCl3IN3OS. The van der Waals surface area contributed by atoms with Crippen molar-refractivity contribution in [3.05, 3.63) is 62.1 Å². The number of benzene rings is 2. The minimum absolute atomic E-state index is 0.207. The summed E-state index contributed by atoms with van der Waals surface area (Å²) in [7, 11) is 0. The standard InChI is InChI=1S/C16H12BrCl3IN3OS/c17-10-3-1-9(2-4-10)13(25)23-14(16(18,19)20)24-15(26)22-12-7-5-11(21)6-8-12/h1-8,14H,(H,23,25)(H2,22,24,26)/t14-/m1/s1. The number of hydrogen-bond donors (Lipinski definition) is 3. The molecule has 26 heavy (non-hydrogen) atoms. The predicted molar refractivity (Wildman–Crippen MR) is 124 cm³/mol. The molecule has 0 aliphatic rings. The lowest BCUT2D eigenvalue weighted by molar-refractivity contribution is 0.0934. The Kier molecular flexibility index (Phi) is 8.24. The van der Waals surface area contributed by atoms with Crippen molar-refractivity contribution >= 4 is 102 Å². The average molecular weight is 608 g/mol. The van der Waals surface area contributed by atoms with Crippen molar-refractivity contribution in [1.29, 1.82) is 0 Å². The van der Waals surface area contributed by atoms with Crippen molar-refractivity contribution < 1.29 is 4.79 Å². The quantitative estimate of drug-likeness (QED) is 0.187. The van der Waals surface area contributed by atoms with Crippen molar-refractivity contribution in [2.24, 2.45) is 0 Å². The van der Waals surface area contributed by atoms with Crippen LogP contribution in [0, 0.1) is 3.57 Å². The molecule has 0 radical (unpaired) electrons. The first-order valence-electron chi connectivity index (χ1n) is 7.11. The molecule has 1 atom stereocenters. The second-order valence-corrected chi connectivity index (χ2v) is 10.00. The summed E-state index contributed by atoms with van der Waals surface area (Å²) in [6.07, 6.45) is -1.03. The summed E-state index contributed by atoms with van der Waals surface area (Å²) in [5, 5.41) is 8.62. The molecule has 0 aliphatic heterocycles. The fourth-order valence-corrected chi connectivity index (χ4v) is 3.03. The third-order valence-corrected chi connectivity index (χ3v) is 5.21. The minimum atomic E-state index is -1.82. The largest absolute Gasteiger partial charge is 0.339 e. The Morgan fingerprint density at radius 3 is 2.15 bits per heavy atom. The van der Waals surface area contributed by atoms with Crippen LogP contribution in [0.2, 0.25) is 0 Å². The minimum Gasteiger partial charge on any atom is -0.339 e. The first-order valence-corrected chi connectivity index (χ1v) is 10.5. The van der Waals surface area contributed by atoms with Crippen molar-refractivity contribution in [3.8, 4) is 0 Å². The summed E-state index contributed by atoms with van der Waals surface area (Å²) in [6, 6.07) is 14.4. The number of amides is 1. The summed E-state index contributed by atoms with van der Waals surface area (Å²) >= 11 is 28.7. The molecule has 0 fully saturated rings. The number of hydrogen-bond acceptors (Lipinski definition) is 2. The fourth-order valence-electron chi connectivity index (χ4n) is 1.85. The van der Waals surface area contributed by atoms with Gasteiger partial charge in [0.05, 0.1) is 0 Å². The molecule has 0 unspecified atom stereocenters. The van der Waals surface area contributed by atoms with Gasteiger partial charge in [0.15, 0.2) is 5.11 Å². The molecule has 4 nitrogen and oxygen atoms in total. The molecule has 2 rings (SSSR count). The summed E-state index contributed by atoms with van der Waals surface area (Å²) in [5.41, 5.74) is 1.19. The van der Waals surface area contributed by atoms with Crippen molar-refractivity contribution in [3.63, 3.8) is 0 Å². The van der Waals surface area contributed by atoms with E-state index in [2.05, 4.69) is 54.5 Å². The summed E-state index contributed by atoms with van der Waals surface area (Å²) in [4.78, 5) is 12.4. The molecule has 0 saturated carbocycles. The lowest BCUT2D eigenvalue weighted by Gasteiger charge is -2.27. The van der Waals surface area contributed by atoms with Crippen LogP contribution >= 0.6 is 85.5 Å². The van der Waals surface area contributed by atoms with E-state index in [1.165, 1.54) is 0 Å². The van der Waals surface area contributed by atoms with Crippen LogP contribution < -0.4 is 16.0 Å². The van der Waals surface area contributed by atoms with E-state index in [0.717, 1.165) is 13.7 Å². The summed E-state index contributed by atoms with van der Waals surface area (Å²) < 4.78 is 0.129. The van der Waals surface area contributed by atoms with E-state index in [4.69, 9.17) is 47.0 Å². The molecule has 2 aromatic carbocycles. The Balaban J connectivity index is 2.04. The lowest BCUT2D eigenvalue weighted by Crippen LogP contribution is -2.56. The van der Waals surface area contributed by atoms with Crippen LogP contribution in [0.3, 0.4) is 0 Å². The number of rotatable bonds is 4. The van der Waals surface area contributed by atoms with E-state index in [-0.39, 0.29) is 5.11 Å². The smallest absolute Gasteiger partial charge is 0.252 e. The van der Waals surface area contributed by atoms with Gasteiger partial charge in [-0.3, -0.25) is 4.79 Å². The van der Waals surface area contributed by atoms with Gasteiger partial charge in [0, 0.05) is 19.3 Å². The van der Waals surface area contributed by atoms with Crippen LogP contribution in [0.15, 0.2) is 53.0 Å². The Bertz CT molecular complexity index is 785. The maximum atomic E-state index is 12.4. The zero-order chi connectivity index (χ0) is 19.3. The summed E-state index contributed by atoms with van der Waals surface area (Å²) in [5.74, 6) is -0.404. The molecule has 0 saturated heterocycles. The first-order chi connectivity index (χ1) is 12.1. The highest BCUT2D eigenvalue weighted by molar-refractivity contribution is 14.1. The summed E-state index contributed by atoms with van der Waals surface area (Å²) in [6.45, 7) is 0. The number of halogens is 5. The van der Waals surface area contributed by atoms with Gasteiger partial charge in [-0.25, -0.2) is 0 Å². The van der Waals surface area contributed by atoms with Crippen LogP contribution in [0.25, 0.3) is 0 Å². The lowest BCUT2D eigenvalue weighted by atomic mass is 10.2. The number of carbonyl (C=O) groups excluding carboxylic acids is 1. The second kappa shape index (κ2) is 9.75. The normalized spacial score (nSPS) is 12.2. The van der Waals surface area contributed by atoms with Crippen LogP contribution in [-0.4, -0.2) is 21.0 Å². The second-order valence-electron chi connectivity index (χ2n) is 5.06. The Morgan fingerprint density at radius 2 is 1.62 bits per heavy atom. The SMILES string of the molecule is O=C(N[C@H](NC(=S)Nc1ccc(I)cc1)C(Cl)(Cl)Cl)c1ccc(Br)cc1. The highest BCUT2D eigenvalue weighted by Gasteiger charge is 2.34. The number of carbonyl (C=O) groups is 1. The van der Waals surface area contributed by atoms with Crippen LogP contribution in [-0.2, 0) is 0 Å². The molecule has 0 aliphatic carbocycles. The number of alkyl halides is 3. The van der Waals surface area contributed by atoms with Gasteiger partial charge < -0.3 is 16.0 Å². The zero-order valence-electron chi connectivity index (χ0n) is 12.9. The maximum absolute atomic E-state index is 12.4. The van der Waals surface area contributed by atoms with E-state index < -0.39 is 15.9 Å². The van der Waals surface area contributed by atoms with Crippen molar-refractivity contribution in [2.75, 3.05) is 5.32 Å². The zero-order valence-corrected chi connectivity index (χ0v) is 19.7. The van der Waals surface area contributed by atoms with Gasteiger partial charge in [-0.2, -0.15) is 0 Å². The van der Waals surface area contributed by atoms with Gasteiger partial charge in [0.25, 0.3) is 5.91 Å². The van der Waals surface area contributed by atoms with Gasteiger partial charge in [-0.05, 0) is 83.3 Å². The highest BCUT2D eigenvalue weighted by atomic mass is 127. The molecule has 10 heteroatoms. The van der Waals surface area contributed by atoms with Gasteiger partial charge in [-0.15, -0.1) is 0 Å².